The molecule has 1 aromatic heterocycles. The molecule has 2 aliphatic rings. The lowest BCUT2D eigenvalue weighted by Crippen LogP contribution is -2.67. The summed E-state index contributed by atoms with van der Waals surface area (Å²) in [6, 6.07) is 5.15. The van der Waals surface area contributed by atoms with E-state index >= 15 is 0 Å². The third kappa shape index (κ3) is 2.19. The zero-order chi connectivity index (χ0) is 13.3. The average Bonchev–Trinajstić information content (AvgIpc) is 2.36. The minimum absolute atomic E-state index is 0.374. The van der Waals surface area contributed by atoms with Gasteiger partial charge in [-0.05, 0) is 44.7 Å². The highest BCUT2D eigenvalue weighted by atomic mass is 16.5. The van der Waals surface area contributed by atoms with E-state index in [4.69, 9.17) is 4.74 Å². The van der Waals surface area contributed by atoms with E-state index in [0.717, 1.165) is 6.61 Å². The first kappa shape index (κ1) is 13.1. The molecule has 1 aromatic rings. The number of nitrogens with one attached hydrogen (secondary N) is 1. The SMILES string of the molecule is CCOC1CC(N[C@@H](C)c2cccnc2)C12CCC2. The van der Waals surface area contributed by atoms with Gasteiger partial charge in [-0.2, -0.15) is 0 Å². The van der Waals surface area contributed by atoms with Crippen molar-refractivity contribution in [2.45, 2.75) is 57.7 Å². The smallest absolute Gasteiger partial charge is 0.0661 e. The van der Waals surface area contributed by atoms with E-state index in [1.807, 2.05) is 18.5 Å². The van der Waals surface area contributed by atoms with Gasteiger partial charge in [0.25, 0.3) is 0 Å². The fourth-order valence-electron chi connectivity index (χ4n) is 3.70. The van der Waals surface area contributed by atoms with Crippen LogP contribution in [0, 0.1) is 5.41 Å². The molecule has 1 N–H and O–H groups in total. The summed E-state index contributed by atoms with van der Waals surface area (Å²) in [5.41, 5.74) is 1.71. The Bertz CT molecular complexity index is 416. The standard InChI is InChI=1S/C16H24N2O/c1-3-19-15-10-14(16(15)7-5-8-16)18-12(2)13-6-4-9-17-11-13/h4,6,9,11-12,14-15,18H,3,5,7-8,10H2,1-2H3/t12-,14?,15?/m0/s1. The number of nitrogens with zero attached hydrogens (tertiary/aromatic N) is 1. The summed E-state index contributed by atoms with van der Waals surface area (Å²) in [5.74, 6) is 0. The van der Waals surface area contributed by atoms with E-state index in [-0.39, 0.29) is 0 Å². The number of hydrogen-bond donors (Lipinski definition) is 1. The molecule has 3 heteroatoms. The Morgan fingerprint density at radius 2 is 2.37 bits per heavy atom. The van der Waals surface area contributed by atoms with Crippen molar-refractivity contribution >= 4 is 0 Å². The largest absolute Gasteiger partial charge is 0.378 e. The summed E-state index contributed by atoms with van der Waals surface area (Å²) in [6.07, 6.45) is 9.47. The van der Waals surface area contributed by atoms with Gasteiger partial charge in [-0.1, -0.05) is 12.5 Å². The van der Waals surface area contributed by atoms with Crippen molar-refractivity contribution in [1.82, 2.24) is 10.3 Å². The second-order valence-corrected chi connectivity index (χ2v) is 5.99. The lowest BCUT2D eigenvalue weighted by molar-refractivity contribution is -0.174. The van der Waals surface area contributed by atoms with Crippen LogP contribution in [0.1, 0.15) is 51.1 Å². The van der Waals surface area contributed by atoms with E-state index in [2.05, 4.69) is 30.2 Å². The fourth-order valence-corrected chi connectivity index (χ4v) is 3.70. The van der Waals surface area contributed by atoms with E-state index in [9.17, 15) is 0 Å². The molecule has 0 aliphatic heterocycles. The highest BCUT2D eigenvalue weighted by molar-refractivity contribution is 5.17. The van der Waals surface area contributed by atoms with Crippen LogP contribution in [-0.4, -0.2) is 23.7 Å². The molecule has 3 rings (SSSR count). The van der Waals surface area contributed by atoms with Crippen molar-refractivity contribution in [3.63, 3.8) is 0 Å². The highest BCUT2D eigenvalue weighted by Crippen LogP contribution is 2.57. The molecule has 0 bridgehead atoms. The number of ether oxygens (including phenoxy) is 1. The molecule has 0 amide bonds. The molecule has 3 nitrogen and oxygen atoms in total. The monoisotopic (exact) mass is 260 g/mol. The molecule has 1 heterocycles. The first-order valence-electron chi connectivity index (χ1n) is 7.54. The van der Waals surface area contributed by atoms with Gasteiger partial charge in [-0.15, -0.1) is 0 Å². The maximum atomic E-state index is 5.90. The van der Waals surface area contributed by atoms with E-state index in [0.29, 0.717) is 23.6 Å². The van der Waals surface area contributed by atoms with Gasteiger partial charge in [-0.25, -0.2) is 0 Å². The molecule has 2 fully saturated rings. The number of pyridine rings is 1. The Labute approximate surface area is 115 Å². The van der Waals surface area contributed by atoms with E-state index < -0.39 is 0 Å². The molecule has 0 radical (unpaired) electrons. The molecule has 2 aliphatic carbocycles. The Kier molecular flexibility index (Phi) is 3.59. The van der Waals surface area contributed by atoms with Gasteiger partial charge in [0.1, 0.15) is 0 Å². The van der Waals surface area contributed by atoms with Crippen LogP contribution in [0.3, 0.4) is 0 Å². The number of aromatic nitrogens is 1. The van der Waals surface area contributed by atoms with E-state index in [1.54, 1.807) is 0 Å². The normalized spacial score (nSPS) is 29.6. The van der Waals surface area contributed by atoms with Crippen molar-refractivity contribution in [3.8, 4) is 0 Å². The predicted octanol–water partition coefficient (Wildman–Crippen LogP) is 3.08. The van der Waals surface area contributed by atoms with Crippen LogP contribution >= 0.6 is 0 Å². The Morgan fingerprint density at radius 3 is 2.95 bits per heavy atom. The van der Waals surface area contributed by atoms with Crippen LogP contribution in [0.5, 0.6) is 0 Å². The predicted molar refractivity (Wildman–Crippen MR) is 75.9 cm³/mol. The molecule has 19 heavy (non-hydrogen) atoms. The lowest BCUT2D eigenvalue weighted by Gasteiger charge is -2.61. The third-order valence-corrected chi connectivity index (χ3v) is 5.07. The van der Waals surface area contributed by atoms with Crippen molar-refractivity contribution in [1.29, 1.82) is 0 Å². The zero-order valence-electron chi connectivity index (χ0n) is 11.9. The quantitative estimate of drug-likeness (QED) is 0.883. The van der Waals surface area contributed by atoms with Crippen molar-refractivity contribution in [3.05, 3.63) is 30.1 Å². The molecular weight excluding hydrogens is 236 g/mol. The number of rotatable bonds is 5. The molecule has 0 saturated heterocycles. The maximum absolute atomic E-state index is 5.90. The topological polar surface area (TPSA) is 34.1 Å². The van der Waals surface area contributed by atoms with Crippen LogP contribution < -0.4 is 5.32 Å². The summed E-state index contributed by atoms with van der Waals surface area (Å²) >= 11 is 0. The first-order valence-corrected chi connectivity index (χ1v) is 7.54. The Morgan fingerprint density at radius 1 is 1.53 bits per heavy atom. The van der Waals surface area contributed by atoms with Gasteiger partial charge in [0.05, 0.1) is 6.10 Å². The molecule has 3 atom stereocenters. The molecule has 2 saturated carbocycles. The van der Waals surface area contributed by atoms with Crippen LogP contribution in [0.2, 0.25) is 0 Å². The molecule has 1 spiro atoms. The highest BCUT2D eigenvalue weighted by Gasteiger charge is 2.58. The molecule has 2 unspecified atom stereocenters. The molecule has 104 valence electrons. The second kappa shape index (κ2) is 5.22. The summed E-state index contributed by atoms with van der Waals surface area (Å²) < 4.78 is 5.90. The second-order valence-electron chi connectivity index (χ2n) is 5.99. The minimum Gasteiger partial charge on any atom is -0.378 e. The Hall–Kier alpha value is -0.930. The van der Waals surface area contributed by atoms with Gasteiger partial charge in [0.15, 0.2) is 0 Å². The first-order chi connectivity index (χ1) is 9.26. The van der Waals surface area contributed by atoms with Crippen LogP contribution in [0.4, 0.5) is 0 Å². The third-order valence-electron chi connectivity index (χ3n) is 5.07. The minimum atomic E-state index is 0.374. The molecular formula is C16H24N2O. The average molecular weight is 260 g/mol. The van der Waals surface area contributed by atoms with Gasteiger partial charge in [0.2, 0.25) is 0 Å². The summed E-state index contributed by atoms with van der Waals surface area (Å²) in [5, 5.41) is 3.79. The van der Waals surface area contributed by atoms with Crippen molar-refractivity contribution in [2.75, 3.05) is 6.61 Å². The van der Waals surface area contributed by atoms with Gasteiger partial charge in [0, 0.05) is 36.5 Å². The fraction of sp³-hybridized carbons (Fsp3) is 0.688. The Balaban J connectivity index is 1.62. The van der Waals surface area contributed by atoms with Crippen LogP contribution in [0.25, 0.3) is 0 Å². The summed E-state index contributed by atoms with van der Waals surface area (Å²) in [6.45, 7) is 5.18. The van der Waals surface area contributed by atoms with Crippen LogP contribution in [-0.2, 0) is 4.74 Å². The maximum Gasteiger partial charge on any atom is 0.0661 e. The van der Waals surface area contributed by atoms with Gasteiger partial charge >= 0.3 is 0 Å². The van der Waals surface area contributed by atoms with Crippen molar-refractivity contribution in [2.24, 2.45) is 5.41 Å². The van der Waals surface area contributed by atoms with Crippen molar-refractivity contribution < 1.29 is 4.74 Å². The number of hydrogen-bond acceptors (Lipinski definition) is 3. The van der Waals surface area contributed by atoms with E-state index in [1.165, 1.54) is 31.2 Å². The zero-order valence-corrected chi connectivity index (χ0v) is 11.9. The van der Waals surface area contributed by atoms with Gasteiger partial charge < -0.3 is 10.1 Å². The van der Waals surface area contributed by atoms with Crippen LogP contribution in [0.15, 0.2) is 24.5 Å². The molecule has 0 aromatic carbocycles. The van der Waals surface area contributed by atoms with Gasteiger partial charge in [-0.3, -0.25) is 4.98 Å². The lowest BCUT2D eigenvalue weighted by atomic mass is 9.51. The summed E-state index contributed by atoms with van der Waals surface area (Å²) in [4.78, 5) is 4.21. The summed E-state index contributed by atoms with van der Waals surface area (Å²) in [7, 11) is 0.